The van der Waals surface area contributed by atoms with Crippen LogP contribution in [0.25, 0.3) is 10.8 Å². The Kier molecular flexibility index (Phi) is 5.71. The van der Waals surface area contributed by atoms with Gasteiger partial charge in [-0.15, -0.1) is 0 Å². The van der Waals surface area contributed by atoms with E-state index in [1.54, 1.807) is 0 Å². The van der Waals surface area contributed by atoms with E-state index in [-0.39, 0.29) is 11.9 Å². The number of hydrogen-bond donors (Lipinski definition) is 0. The van der Waals surface area contributed by atoms with Gasteiger partial charge in [-0.05, 0) is 55.3 Å². The van der Waals surface area contributed by atoms with Gasteiger partial charge in [0.2, 0.25) is 0 Å². The van der Waals surface area contributed by atoms with Crippen molar-refractivity contribution in [3.63, 3.8) is 0 Å². The highest BCUT2D eigenvalue weighted by atomic mass is 16.2. The van der Waals surface area contributed by atoms with Gasteiger partial charge in [0.15, 0.2) is 0 Å². The predicted octanol–water partition coefficient (Wildman–Crippen LogP) is 6.05. The SMILES string of the molecule is Cc1cccc(Cn2cccc2CN(C(=O)c2cccc3ccccc23)C(C)C)c1. The minimum atomic E-state index is 0.0742. The standard InChI is InChI=1S/C27H28N2O/c1-20(2)29(27(30)26-15-7-12-23-11-4-5-14-25(23)26)19-24-13-8-16-28(24)18-22-10-6-9-21(3)17-22/h4-17,20H,18-19H2,1-3H3. The average Bonchev–Trinajstić information content (AvgIpc) is 3.17. The Balaban J connectivity index is 1.62. The molecule has 4 aromatic rings. The summed E-state index contributed by atoms with van der Waals surface area (Å²) in [5, 5.41) is 2.10. The summed E-state index contributed by atoms with van der Waals surface area (Å²) in [7, 11) is 0. The van der Waals surface area contributed by atoms with Gasteiger partial charge in [-0.25, -0.2) is 0 Å². The van der Waals surface area contributed by atoms with Crippen LogP contribution in [0.15, 0.2) is 85.1 Å². The first kappa shape index (κ1) is 20.0. The second-order valence-corrected chi connectivity index (χ2v) is 8.17. The molecule has 0 atom stereocenters. The summed E-state index contributed by atoms with van der Waals surface area (Å²) in [5.74, 6) is 0.0742. The van der Waals surface area contributed by atoms with E-state index in [1.165, 1.54) is 11.1 Å². The summed E-state index contributed by atoms with van der Waals surface area (Å²) in [6, 6.07) is 26.9. The molecule has 0 saturated heterocycles. The normalized spacial score (nSPS) is 11.2. The fraction of sp³-hybridized carbons (Fsp3) is 0.222. The average molecular weight is 397 g/mol. The van der Waals surface area contributed by atoms with Crippen LogP contribution in [-0.2, 0) is 13.1 Å². The maximum absolute atomic E-state index is 13.6. The van der Waals surface area contributed by atoms with E-state index < -0.39 is 0 Å². The fourth-order valence-corrected chi connectivity index (χ4v) is 3.98. The monoisotopic (exact) mass is 396 g/mol. The van der Waals surface area contributed by atoms with Crippen molar-refractivity contribution in [3.8, 4) is 0 Å². The van der Waals surface area contributed by atoms with E-state index in [0.717, 1.165) is 28.6 Å². The zero-order valence-electron chi connectivity index (χ0n) is 17.9. The molecule has 0 aliphatic carbocycles. The van der Waals surface area contributed by atoms with Gasteiger partial charge in [0.25, 0.3) is 5.91 Å². The van der Waals surface area contributed by atoms with Crippen LogP contribution in [0.2, 0.25) is 0 Å². The predicted molar refractivity (Wildman–Crippen MR) is 124 cm³/mol. The molecule has 152 valence electrons. The maximum Gasteiger partial charge on any atom is 0.255 e. The minimum absolute atomic E-state index is 0.0742. The molecule has 0 saturated carbocycles. The number of benzene rings is 3. The smallest absolute Gasteiger partial charge is 0.255 e. The first-order valence-electron chi connectivity index (χ1n) is 10.5. The first-order chi connectivity index (χ1) is 14.5. The van der Waals surface area contributed by atoms with E-state index in [2.05, 4.69) is 80.1 Å². The highest BCUT2D eigenvalue weighted by Gasteiger charge is 2.22. The van der Waals surface area contributed by atoms with Crippen molar-refractivity contribution in [2.45, 2.75) is 39.9 Å². The number of aromatic nitrogens is 1. The molecule has 1 amide bonds. The third kappa shape index (κ3) is 4.16. The van der Waals surface area contributed by atoms with Crippen molar-refractivity contribution in [1.82, 2.24) is 9.47 Å². The lowest BCUT2D eigenvalue weighted by Crippen LogP contribution is -2.37. The van der Waals surface area contributed by atoms with E-state index in [9.17, 15) is 4.79 Å². The van der Waals surface area contributed by atoms with Crippen molar-refractivity contribution in [3.05, 3.63) is 107 Å². The summed E-state index contributed by atoms with van der Waals surface area (Å²) in [4.78, 5) is 15.5. The number of aryl methyl sites for hydroxylation is 1. The van der Waals surface area contributed by atoms with Gasteiger partial charge in [0.05, 0.1) is 6.54 Å². The van der Waals surface area contributed by atoms with Gasteiger partial charge in [-0.1, -0.05) is 66.2 Å². The molecular weight excluding hydrogens is 368 g/mol. The summed E-state index contributed by atoms with van der Waals surface area (Å²) in [6.45, 7) is 7.66. The third-order valence-corrected chi connectivity index (χ3v) is 5.60. The zero-order chi connectivity index (χ0) is 21.1. The zero-order valence-corrected chi connectivity index (χ0v) is 17.9. The highest BCUT2D eigenvalue weighted by Crippen LogP contribution is 2.22. The van der Waals surface area contributed by atoms with Gasteiger partial charge >= 0.3 is 0 Å². The third-order valence-electron chi connectivity index (χ3n) is 5.60. The summed E-state index contributed by atoms with van der Waals surface area (Å²) in [5.41, 5.74) is 4.43. The fourth-order valence-electron chi connectivity index (χ4n) is 3.98. The summed E-state index contributed by atoms with van der Waals surface area (Å²) >= 11 is 0. The van der Waals surface area contributed by atoms with Crippen LogP contribution in [-0.4, -0.2) is 21.4 Å². The molecule has 0 N–H and O–H groups in total. The first-order valence-corrected chi connectivity index (χ1v) is 10.5. The minimum Gasteiger partial charge on any atom is -0.345 e. The lowest BCUT2D eigenvalue weighted by Gasteiger charge is -2.28. The van der Waals surface area contributed by atoms with Gasteiger partial charge in [-0.2, -0.15) is 0 Å². The van der Waals surface area contributed by atoms with Crippen LogP contribution < -0.4 is 0 Å². The van der Waals surface area contributed by atoms with Gasteiger partial charge in [0, 0.05) is 30.0 Å². The van der Waals surface area contributed by atoms with Crippen LogP contribution in [0, 0.1) is 6.92 Å². The number of nitrogens with zero attached hydrogens (tertiary/aromatic N) is 2. The molecule has 3 aromatic carbocycles. The molecule has 0 aliphatic rings. The largest absolute Gasteiger partial charge is 0.345 e. The summed E-state index contributed by atoms with van der Waals surface area (Å²) in [6.07, 6.45) is 2.10. The van der Waals surface area contributed by atoms with Crippen LogP contribution in [0.5, 0.6) is 0 Å². The van der Waals surface area contributed by atoms with Crippen molar-refractivity contribution in [2.24, 2.45) is 0 Å². The van der Waals surface area contributed by atoms with Crippen molar-refractivity contribution in [2.75, 3.05) is 0 Å². The maximum atomic E-state index is 13.6. The molecule has 0 spiro atoms. The quantitative estimate of drug-likeness (QED) is 0.389. The van der Waals surface area contributed by atoms with Gasteiger partial charge in [0.1, 0.15) is 0 Å². The molecule has 0 fully saturated rings. The van der Waals surface area contributed by atoms with Crippen LogP contribution in [0.3, 0.4) is 0 Å². The number of rotatable bonds is 6. The Morgan fingerprint density at radius 2 is 1.70 bits per heavy atom. The van der Waals surface area contributed by atoms with Crippen LogP contribution in [0.4, 0.5) is 0 Å². The lowest BCUT2D eigenvalue weighted by molar-refractivity contribution is 0.0688. The molecule has 0 radical (unpaired) electrons. The topological polar surface area (TPSA) is 25.2 Å². The number of fused-ring (bicyclic) bond motifs is 1. The Bertz CT molecular complexity index is 1170. The second-order valence-electron chi connectivity index (χ2n) is 8.17. The van der Waals surface area contributed by atoms with Crippen LogP contribution in [0.1, 0.15) is 41.0 Å². The molecule has 30 heavy (non-hydrogen) atoms. The molecule has 0 bridgehead atoms. The van der Waals surface area contributed by atoms with Crippen molar-refractivity contribution in [1.29, 1.82) is 0 Å². The molecule has 1 heterocycles. The van der Waals surface area contributed by atoms with E-state index in [1.807, 2.05) is 35.2 Å². The Labute approximate surface area is 178 Å². The number of hydrogen-bond acceptors (Lipinski definition) is 1. The molecule has 3 nitrogen and oxygen atoms in total. The highest BCUT2D eigenvalue weighted by molar-refractivity contribution is 6.07. The van der Waals surface area contributed by atoms with Crippen molar-refractivity contribution < 1.29 is 4.79 Å². The molecule has 1 aromatic heterocycles. The molecule has 4 rings (SSSR count). The molecule has 0 unspecified atom stereocenters. The molecule has 3 heteroatoms. The number of carbonyl (C=O) groups is 1. The number of carbonyl (C=O) groups excluding carboxylic acids is 1. The van der Waals surface area contributed by atoms with E-state index >= 15 is 0 Å². The van der Waals surface area contributed by atoms with E-state index in [4.69, 9.17) is 0 Å². The summed E-state index contributed by atoms with van der Waals surface area (Å²) < 4.78 is 2.24. The Morgan fingerprint density at radius 3 is 2.50 bits per heavy atom. The van der Waals surface area contributed by atoms with E-state index in [0.29, 0.717) is 6.54 Å². The number of amides is 1. The van der Waals surface area contributed by atoms with Crippen molar-refractivity contribution >= 4 is 16.7 Å². The molecular formula is C27H28N2O. The lowest BCUT2D eigenvalue weighted by atomic mass is 10.0. The van der Waals surface area contributed by atoms with Crippen LogP contribution >= 0.6 is 0 Å². The van der Waals surface area contributed by atoms with Gasteiger partial charge < -0.3 is 9.47 Å². The second kappa shape index (κ2) is 8.58. The Morgan fingerprint density at radius 1 is 0.933 bits per heavy atom. The van der Waals surface area contributed by atoms with Gasteiger partial charge in [-0.3, -0.25) is 4.79 Å². The molecule has 0 aliphatic heterocycles. The Hall–Kier alpha value is -3.33.